The molecule has 1 N–H and O–H groups in total. The Bertz CT molecular complexity index is 458. The van der Waals surface area contributed by atoms with Crippen LogP contribution in [0.15, 0.2) is 11.0 Å². The van der Waals surface area contributed by atoms with Gasteiger partial charge in [0.05, 0.1) is 11.9 Å². The molecular formula is C12H18ClN3O. The summed E-state index contributed by atoms with van der Waals surface area (Å²) in [4.78, 5) is 11.8. The molecule has 1 aromatic heterocycles. The molecule has 2 atom stereocenters. The Morgan fingerprint density at radius 2 is 2.35 bits per heavy atom. The molecule has 2 rings (SSSR count). The van der Waals surface area contributed by atoms with Gasteiger partial charge in [0.1, 0.15) is 5.02 Å². The van der Waals surface area contributed by atoms with Crippen molar-refractivity contribution >= 4 is 17.3 Å². The van der Waals surface area contributed by atoms with Gasteiger partial charge in [0.15, 0.2) is 0 Å². The first-order valence-corrected chi connectivity index (χ1v) is 6.50. The zero-order valence-electron chi connectivity index (χ0n) is 10.2. The van der Waals surface area contributed by atoms with E-state index in [2.05, 4.69) is 17.3 Å². The maximum absolute atomic E-state index is 11.8. The predicted octanol–water partition coefficient (Wildman–Crippen LogP) is 2.37. The molecule has 0 aromatic carbocycles. The third-order valence-corrected chi connectivity index (χ3v) is 3.62. The fourth-order valence-corrected chi connectivity index (χ4v) is 2.10. The van der Waals surface area contributed by atoms with Crippen LogP contribution in [0.25, 0.3) is 0 Å². The van der Waals surface area contributed by atoms with Gasteiger partial charge in [0.25, 0.3) is 5.56 Å². The van der Waals surface area contributed by atoms with Gasteiger partial charge in [-0.15, -0.1) is 0 Å². The van der Waals surface area contributed by atoms with Gasteiger partial charge >= 0.3 is 0 Å². The highest BCUT2D eigenvalue weighted by atomic mass is 35.5. The van der Waals surface area contributed by atoms with Crippen LogP contribution in [0.4, 0.5) is 5.69 Å². The van der Waals surface area contributed by atoms with Crippen molar-refractivity contribution in [2.75, 3.05) is 11.9 Å². The first kappa shape index (κ1) is 12.4. The average molecular weight is 256 g/mol. The Morgan fingerprint density at radius 1 is 1.65 bits per heavy atom. The third-order valence-electron chi connectivity index (χ3n) is 3.25. The number of hydrogen-bond donors (Lipinski definition) is 1. The normalized spacial score (nSPS) is 22.5. The van der Waals surface area contributed by atoms with E-state index in [-0.39, 0.29) is 10.6 Å². The van der Waals surface area contributed by atoms with Gasteiger partial charge in [-0.25, -0.2) is 4.68 Å². The summed E-state index contributed by atoms with van der Waals surface area (Å²) in [6, 6.07) is 0. The Morgan fingerprint density at radius 3 is 2.94 bits per heavy atom. The second-order valence-corrected chi connectivity index (χ2v) is 5.13. The molecule has 0 saturated heterocycles. The largest absolute Gasteiger partial charge is 0.382 e. The number of aryl methyl sites for hydroxylation is 1. The Labute approximate surface area is 106 Å². The Kier molecular flexibility index (Phi) is 3.72. The molecule has 2 unspecified atom stereocenters. The van der Waals surface area contributed by atoms with Crippen LogP contribution in [0, 0.1) is 11.8 Å². The van der Waals surface area contributed by atoms with Gasteiger partial charge in [0, 0.05) is 13.1 Å². The minimum absolute atomic E-state index is 0.206. The van der Waals surface area contributed by atoms with E-state index < -0.39 is 0 Å². The van der Waals surface area contributed by atoms with Gasteiger partial charge in [-0.1, -0.05) is 25.4 Å². The fourth-order valence-electron chi connectivity index (χ4n) is 1.88. The molecule has 0 bridgehead atoms. The van der Waals surface area contributed by atoms with Crippen molar-refractivity contribution in [3.63, 3.8) is 0 Å². The van der Waals surface area contributed by atoms with Gasteiger partial charge in [-0.3, -0.25) is 4.79 Å². The molecular weight excluding hydrogens is 238 g/mol. The number of rotatable bonds is 5. The molecule has 17 heavy (non-hydrogen) atoms. The molecule has 1 aromatic rings. The molecule has 0 aliphatic heterocycles. The number of nitrogens with zero attached hydrogens (tertiary/aromatic N) is 2. The van der Waals surface area contributed by atoms with Gasteiger partial charge in [-0.2, -0.15) is 5.10 Å². The van der Waals surface area contributed by atoms with Gasteiger partial charge < -0.3 is 5.32 Å². The van der Waals surface area contributed by atoms with Crippen molar-refractivity contribution in [3.8, 4) is 0 Å². The van der Waals surface area contributed by atoms with Crippen LogP contribution in [0.3, 0.4) is 0 Å². The highest BCUT2D eigenvalue weighted by molar-refractivity contribution is 6.32. The first-order valence-electron chi connectivity index (χ1n) is 6.13. The molecule has 4 nitrogen and oxygen atoms in total. The lowest BCUT2D eigenvalue weighted by molar-refractivity contribution is 0.568. The van der Waals surface area contributed by atoms with Crippen molar-refractivity contribution < 1.29 is 0 Å². The van der Waals surface area contributed by atoms with E-state index in [0.29, 0.717) is 18.2 Å². The van der Waals surface area contributed by atoms with Crippen LogP contribution in [-0.4, -0.2) is 16.3 Å². The number of nitrogens with one attached hydrogen (secondary N) is 1. The minimum Gasteiger partial charge on any atom is -0.382 e. The zero-order valence-corrected chi connectivity index (χ0v) is 11.0. The second kappa shape index (κ2) is 5.08. The summed E-state index contributed by atoms with van der Waals surface area (Å²) in [5, 5.41) is 7.56. The predicted molar refractivity (Wildman–Crippen MR) is 69.6 cm³/mol. The molecule has 1 aliphatic rings. The van der Waals surface area contributed by atoms with Crippen LogP contribution in [0.1, 0.15) is 26.7 Å². The minimum atomic E-state index is -0.206. The summed E-state index contributed by atoms with van der Waals surface area (Å²) in [5.74, 6) is 1.50. The van der Waals surface area contributed by atoms with Crippen LogP contribution >= 0.6 is 11.6 Å². The number of anilines is 1. The van der Waals surface area contributed by atoms with Gasteiger partial charge in [-0.05, 0) is 24.7 Å². The van der Waals surface area contributed by atoms with Crippen molar-refractivity contribution in [2.24, 2.45) is 11.8 Å². The average Bonchev–Trinajstić information content (AvgIpc) is 3.01. The molecule has 0 spiro atoms. The van der Waals surface area contributed by atoms with Crippen LogP contribution < -0.4 is 10.9 Å². The Balaban J connectivity index is 2.07. The van der Waals surface area contributed by atoms with E-state index in [1.165, 1.54) is 11.1 Å². The quantitative estimate of drug-likeness (QED) is 0.879. The highest BCUT2D eigenvalue weighted by Crippen LogP contribution is 2.37. The smallest absolute Gasteiger partial charge is 0.287 e. The number of hydrogen-bond acceptors (Lipinski definition) is 3. The zero-order chi connectivity index (χ0) is 12.4. The van der Waals surface area contributed by atoms with Crippen LogP contribution in [0.5, 0.6) is 0 Å². The molecule has 94 valence electrons. The monoisotopic (exact) mass is 255 g/mol. The van der Waals surface area contributed by atoms with Crippen molar-refractivity contribution in [2.45, 2.75) is 33.2 Å². The van der Waals surface area contributed by atoms with Crippen LogP contribution in [0.2, 0.25) is 5.02 Å². The van der Waals surface area contributed by atoms with E-state index in [1.807, 2.05) is 6.92 Å². The van der Waals surface area contributed by atoms with Crippen molar-refractivity contribution in [3.05, 3.63) is 21.6 Å². The molecule has 0 amide bonds. The summed E-state index contributed by atoms with van der Waals surface area (Å²) in [6.45, 7) is 5.71. The lowest BCUT2D eigenvalue weighted by atomic mass is 10.3. The molecule has 1 saturated carbocycles. The summed E-state index contributed by atoms with van der Waals surface area (Å²) in [5.41, 5.74) is 0.450. The molecule has 5 heteroatoms. The lowest BCUT2D eigenvalue weighted by Crippen LogP contribution is -2.24. The Hall–Kier alpha value is -1.03. The highest BCUT2D eigenvalue weighted by Gasteiger charge is 2.32. The van der Waals surface area contributed by atoms with Gasteiger partial charge in [0.2, 0.25) is 0 Å². The van der Waals surface area contributed by atoms with E-state index >= 15 is 0 Å². The summed E-state index contributed by atoms with van der Waals surface area (Å²) >= 11 is 6.04. The lowest BCUT2D eigenvalue weighted by Gasteiger charge is -2.09. The van der Waals surface area contributed by atoms with Crippen LogP contribution in [-0.2, 0) is 6.54 Å². The molecule has 1 heterocycles. The fraction of sp³-hybridized carbons (Fsp3) is 0.667. The maximum atomic E-state index is 11.8. The summed E-state index contributed by atoms with van der Waals surface area (Å²) in [7, 11) is 0. The number of halogens is 1. The maximum Gasteiger partial charge on any atom is 0.287 e. The second-order valence-electron chi connectivity index (χ2n) is 4.75. The van der Waals surface area contributed by atoms with E-state index in [9.17, 15) is 4.79 Å². The molecule has 1 aliphatic carbocycles. The van der Waals surface area contributed by atoms with E-state index in [0.717, 1.165) is 18.9 Å². The molecule has 0 radical (unpaired) electrons. The topological polar surface area (TPSA) is 46.9 Å². The third kappa shape index (κ3) is 2.80. The van der Waals surface area contributed by atoms with E-state index in [1.54, 1.807) is 6.20 Å². The molecule has 1 fully saturated rings. The number of aromatic nitrogens is 2. The SMILES string of the molecule is CCCn1ncc(NCC2CC2C)c(Cl)c1=O. The van der Waals surface area contributed by atoms with Crippen molar-refractivity contribution in [1.29, 1.82) is 0 Å². The summed E-state index contributed by atoms with van der Waals surface area (Å²) < 4.78 is 1.41. The van der Waals surface area contributed by atoms with Crippen molar-refractivity contribution in [1.82, 2.24) is 9.78 Å². The van der Waals surface area contributed by atoms with E-state index in [4.69, 9.17) is 11.6 Å². The standard InChI is InChI=1S/C12H18ClN3O/c1-3-4-16-12(17)11(13)10(7-15-16)14-6-9-5-8(9)2/h7-9,14H,3-6H2,1-2H3. The summed E-state index contributed by atoms with van der Waals surface area (Å²) in [6.07, 6.45) is 3.77. The first-order chi connectivity index (χ1) is 8.13.